The minimum Gasteiger partial charge on any atom is -0.449 e. The van der Waals surface area contributed by atoms with Crippen LogP contribution in [0.25, 0.3) is 22.8 Å². The number of esters is 1. The Morgan fingerprint density at radius 3 is 2.23 bits per heavy atom. The van der Waals surface area contributed by atoms with E-state index in [4.69, 9.17) is 13.6 Å². The van der Waals surface area contributed by atoms with E-state index in [9.17, 15) is 9.59 Å². The summed E-state index contributed by atoms with van der Waals surface area (Å²) in [5.74, 6) is 0.428. The van der Waals surface area contributed by atoms with Crippen LogP contribution in [0.3, 0.4) is 0 Å². The Morgan fingerprint density at radius 2 is 1.55 bits per heavy atom. The molecule has 2 aromatic carbocycles. The number of hydrogen-bond acceptors (Lipinski definition) is 7. The van der Waals surface area contributed by atoms with Crippen LogP contribution in [0, 0.1) is 6.92 Å². The fourth-order valence-corrected chi connectivity index (χ4v) is 2.95. The normalized spacial score (nSPS) is 11.8. The van der Waals surface area contributed by atoms with Crippen LogP contribution >= 0.6 is 0 Å². The van der Waals surface area contributed by atoms with E-state index in [0.717, 1.165) is 16.7 Å². The lowest BCUT2D eigenvalue weighted by molar-refractivity contribution is 0.0245. The minimum absolute atomic E-state index is 0.0178. The summed E-state index contributed by atoms with van der Waals surface area (Å²) in [6.07, 6.45) is -0.748. The number of aryl methyl sites for hydroxylation is 1. The van der Waals surface area contributed by atoms with E-state index < -0.39 is 12.1 Å². The van der Waals surface area contributed by atoms with Crippen LogP contribution in [0.5, 0.6) is 0 Å². The molecule has 1 atom stereocenters. The number of furan rings is 1. The van der Waals surface area contributed by atoms with Crippen molar-refractivity contribution in [1.82, 2.24) is 10.2 Å². The maximum Gasteiger partial charge on any atom is 0.375 e. The molecule has 0 aliphatic carbocycles. The highest BCUT2D eigenvalue weighted by Crippen LogP contribution is 2.26. The Kier molecular flexibility index (Phi) is 5.49. The fraction of sp³-hybridized carbons (Fsp3) is 0.167. The molecule has 2 heterocycles. The number of rotatable bonds is 6. The highest BCUT2D eigenvalue weighted by Gasteiger charge is 2.22. The lowest BCUT2D eigenvalue weighted by Gasteiger charge is -2.07. The molecule has 0 aliphatic heterocycles. The van der Waals surface area contributed by atoms with Gasteiger partial charge in [-0.05, 0) is 45.0 Å². The minimum atomic E-state index is -0.748. The predicted molar refractivity (Wildman–Crippen MR) is 112 cm³/mol. The molecular formula is C24H20N2O5. The molecule has 0 bridgehead atoms. The Morgan fingerprint density at radius 1 is 0.871 bits per heavy atom. The maximum absolute atomic E-state index is 12.5. The topological polar surface area (TPSA) is 95.4 Å². The number of carbonyl (C=O) groups excluding carboxylic acids is 2. The maximum atomic E-state index is 12.5. The van der Waals surface area contributed by atoms with Gasteiger partial charge < -0.3 is 13.6 Å². The molecule has 2 aromatic heterocycles. The van der Waals surface area contributed by atoms with E-state index in [2.05, 4.69) is 10.2 Å². The largest absolute Gasteiger partial charge is 0.449 e. The SMILES string of the molecule is CC(=O)c1ccc(-c2ccc(C(=O)O[C@@H](C)c3nnc(-c4ccc(C)cc4)o3)o2)cc1. The third-order valence-corrected chi connectivity index (χ3v) is 4.75. The van der Waals surface area contributed by atoms with Crippen LogP contribution < -0.4 is 0 Å². The number of aromatic nitrogens is 2. The van der Waals surface area contributed by atoms with Crippen molar-refractivity contribution >= 4 is 11.8 Å². The molecule has 156 valence electrons. The summed E-state index contributed by atoms with van der Waals surface area (Å²) in [4.78, 5) is 23.9. The Hall–Kier alpha value is -4.00. The molecule has 0 aliphatic rings. The zero-order valence-corrected chi connectivity index (χ0v) is 17.3. The van der Waals surface area contributed by atoms with Gasteiger partial charge in [0.1, 0.15) is 5.76 Å². The predicted octanol–water partition coefficient (Wildman–Crippen LogP) is 5.43. The second kappa shape index (κ2) is 8.39. The highest BCUT2D eigenvalue weighted by atomic mass is 16.6. The van der Waals surface area contributed by atoms with E-state index >= 15 is 0 Å². The zero-order chi connectivity index (χ0) is 22.0. The van der Waals surface area contributed by atoms with E-state index in [-0.39, 0.29) is 17.4 Å². The Balaban J connectivity index is 1.44. The van der Waals surface area contributed by atoms with Gasteiger partial charge in [0, 0.05) is 16.7 Å². The molecule has 4 aromatic rings. The van der Waals surface area contributed by atoms with Crippen molar-refractivity contribution in [3.05, 3.63) is 83.4 Å². The van der Waals surface area contributed by atoms with Crippen LogP contribution in [-0.4, -0.2) is 21.9 Å². The number of benzene rings is 2. The molecule has 7 heteroatoms. The van der Waals surface area contributed by atoms with Gasteiger partial charge in [0.25, 0.3) is 5.89 Å². The fourth-order valence-electron chi connectivity index (χ4n) is 2.95. The summed E-state index contributed by atoms with van der Waals surface area (Å²) < 4.78 is 16.7. The number of nitrogens with zero attached hydrogens (tertiary/aromatic N) is 2. The highest BCUT2D eigenvalue weighted by molar-refractivity contribution is 5.94. The Labute approximate surface area is 178 Å². The van der Waals surface area contributed by atoms with Crippen molar-refractivity contribution in [1.29, 1.82) is 0 Å². The van der Waals surface area contributed by atoms with Crippen molar-refractivity contribution < 1.29 is 23.2 Å². The molecular weight excluding hydrogens is 396 g/mol. The number of Topliss-reactive ketones (excluding diaryl/α,β-unsaturated/α-hetero) is 1. The van der Waals surface area contributed by atoms with Gasteiger partial charge in [-0.15, -0.1) is 10.2 Å². The molecule has 0 saturated carbocycles. The number of ether oxygens (including phenoxy) is 1. The van der Waals surface area contributed by atoms with Gasteiger partial charge in [0.2, 0.25) is 11.7 Å². The van der Waals surface area contributed by atoms with Crippen molar-refractivity contribution in [2.45, 2.75) is 26.9 Å². The second-order valence-corrected chi connectivity index (χ2v) is 7.16. The van der Waals surface area contributed by atoms with Crippen molar-refractivity contribution in [2.75, 3.05) is 0 Å². The van der Waals surface area contributed by atoms with Gasteiger partial charge in [-0.1, -0.05) is 42.0 Å². The second-order valence-electron chi connectivity index (χ2n) is 7.16. The molecule has 4 rings (SSSR count). The van der Waals surface area contributed by atoms with Gasteiger partial charge in [0.05, 0.1) is 0 Å². The third-order valence-electron chi connectivity index (χ3n) is 4.75. The summed E-state index contributed by atoms with van der Waals surface area (Å²) in [6, 6.07) is 17.8. The van der Waals surface area contributed by atoms with Gasteiger partial charge in [-0.3, -0.25) is 4.79 Å². The average molecular weight is 416 g/mol. The van der Waals surface area contributed by atoms with Crippen LogP contribution in [0.4, 0.5) is 0 Å². The molecule has 0 amide bonds. The summed E-state index contributed by atoms with van der Waals surface area (Å²) in [5, 5.41) is 8.01. The average Bonchev–Trinajstić information content (AvgIpc) is 3.45. The first-order valence-electron chi connectivity index (χ1n) is 9.73. The first-order valence-corrected chi connectivity index (χ1v) is 9.73. The first kappa shape index (κ1) is 20.3. The van der Waals surface area contributed by atoms with Crippen molar-refractivity contribution in [3.8, 4) is 22.8 Å². The Bertz CT molecular complexity index is 1220. The summed E-state index contributed by atoms with van der Waals surface area (Å²) in [6.45, 7) is 5.14. The van der Waals surface area contributed by atoms with Crippen LogP contribution in [0.1, 0.15) is 52.3 Å². The van der Waals surface area contributed by atoms with Gasteiger partial charge >= 0.3 is 5.97 Å². The third kappa shape index (κ3) is 4.45. The number of carbonyl (C=O) groups is 2. The molecule has 31 heavy (non-hydrogen) atoms. The van der Waals surface area contributed by atoms with Gasteiger partial charge in [0.15, 0.2) is 11.9 Å². The summed E-state index contributed by atoms with van der Waals surface area (Å²) in [5.41, 5.74) is 3.26. The lowest BCUT2D eigenvalue weighted by Crippen LogP contribution is -2.08. The summed E-state index contributed by atoms with van der Waals surface area (Å²) >= 11 is 0. The molecule has 0 saturated heterocycles. The smallest absolute Gasteiger partial charge is 0.375 e. The lowest BCUT2D eigenvalue weighted by atomic mass is 10.1. The van der Waals surface area contributed by atoms with Crippen molar-refractivity contribution in [3.63, 3.8) is 0 Å². The monoisotopic (exact) mass is 416 g/mol. The molecule has 0 radical (unpaired) electrons. The van der Waals surface area contributed by atoms with E-state index in [1.54, 1.807) is 37.3 Å². The standard InChI is InChI=1S/C24H20N2O5/c1-14-4-6-19(7-5-14)23-26-25-22(31-23)16(3)29-24(28)21-13-12-20(30-21)18-10-8-17(9-11-18)15(2)27/h4-13,16H,1-3H3/t16-/m0/s1. The molecule has 0 spiro atoms. The van der Waals surface area contributed by atoms with Crippen molar-refractivity contribution in [2.24, 2.45) is 0 Å². The van der Waals surface area contributed by atoms with E-state index in [0.29, 0.717) is 17.2 Å². The van der Waals surface area contributed by atoms with Gasteiger partial charge in [-0.2, -0.15) is 0 Å². The molecule has 7 nitrogen and oxygen atoms in total. The number of hydrogen-bond donors (Lipinski definition) is 0. The van der Waals surface area contributed by atoms with E-state index in [1.807, 2.05) is 31.2 Å². The molecule has 0 unspecified atom stereocenters. The zero-order valence-electron chi connectivity index (χ0n) is 17.3. The van der Waals surface area contributed by atoms with E-state index in [1.165, 1.54) is 13.0 Å². The first-order chi connectivity index (χ1) is 14.9. The van der Waals surface area contributed by atoms with Crippen LogP contribution in [-0.2, 0) is 4.74 Å². The molecule has 0 N–H and O–H groups in total. The molecule has 0 fully saturated rings. The van der Waals surface area contributed by atoms with Gasteiger partial charge in [-0.25, -0.2) is 4.79 Å². The summed E-state index contributed by atoms with van der Waals surface area (Å²) in [7, 11) is 0. The quantitative estimate of drug-likeness (QED) is 0.306. The van der Waals surface area contributed by atoms with Crippen LogP contribution in [0.2, 0.25) is 0 Å². The number of ketones is 1. The van der Waals surface area contributed by atoms with Crippen LogP contribution in [0.15, 0.2) is 69.5 Å².